The maximum Gasteiger partial charge on any atom is 0.0953 e. The SMILES string of the molecule is N#CC1CCCC#CCNCCN1. The van der Waals surface area contributed by atoms with Gasteiger partial charge in [0.15, 0.2) is 0 Å². The summed E-state index contributed by atoms with van der Waals surface area (Å²) in [6, 6.07) is 2.25. The lowest BCUT2D eigenvalue weighted by Gasteiger charge is -2.09. The van der Waals surface area contributed by atoms with Crippen molar-refractivity contribution in [2.75, 3.05) is 19.6 Å². The fourth-order valence-corrected chi connectivity index (χ4v) is 1.24. The standard InChI is InChI=1S/C10H15N3/c11-9-10-5-3-1-2-4-6-12-7-8-13-10/h10,12-13H,1,3,5-8H2. The highest BCUT2D eigenvalue weighted by Crippen LogP contribution is 1.99. The van der Waals surface area contributed by atoms with Gasteiger partial charge in [-0.15, -0.1) is 5.92 Å². The summed E-state index contributed by atoms with van der Waals surface area (Å²) in [6.45, 7) is 2.49. The van der Waals surface area contributed by atoms with E-state index in [0.717, 1.165) is 38.9 Å². The zero-order valence-corrected chi connectivity index (χ0v) is 7.77. The van der Waals surface area contributed by atoms with E-state index in [2.05, 4.69) is 28.5 Å². The van der Waals surface area contributed by atoms with Crippen LogP contribution in [0.5, 0.6) is 0 Å². The van der Waals surface area contributed by atoms with Gasteiger partial charge in [-0.05, 0) is 12.8 Å². The van der Waals surface area contributed by atoms with Crippen LogP contribution in [0.2, 0.25) is 0 Å². The Labute approximate surface area is 79.5 Å². The van der Waals surface area contributed by atoms with Gasteiger partial charge >= 0.3 is 0 Å². The molecular weight excluding hydrogens is 162 g/mol. The predicted molar refractivity (Wildman–Crippen MR) is 51.9 cm³/mol. The number of nitriles is 1. The Hall–Kier alpha value is -1.03. The Morgan fingerprint density at radius 3 is 3.08 bits per heavy atom. The third-order valence-corrected chi connectivity index (χ3v) is 1.98. The smallest absolute Gasteiger partial charge is 0.0953 e. The first-order valence-electron chi connectivity index (χ1n) is 4.73. The van der Waals surface area contributed by atoms with Gasteiger partial charge in [0.05, 0.1) is 18.7 Å². The maximum absolute atomic E-state index is 8.77. The molecule has 0 aromatic heterocycles. The van der Waals surface area contributed by atoms with E-state index in [4.69, 9.17) is 5.26 Å². The lowest BCUT2D eigenvalue weighted by molar-refractivity contribution is 0.541. The van der Waals surface area contributed by atoms with Crippen molar-refractivity contribution in [3.63, 3.8) is 0 Å². The summed E-state index contributed by atoms with van der Waals surface area (Å²) >= 11 is 0. The number of hydrogen-bond acceptors (Lipinski definition) is 3. The molecule has 0 amide bonds. The molecule has 0 saturated heterocycles. The van der Waals surface area contributed by atoms with Crippen molar-refractivity contribution in [1.82, 2.24) is 10.6 Å². The number of rotatable bonds is 0. The molecule has 1 rings (SSSR count). The van der Waals surface area contributed by atoms with E-state index >= 15 is 0 Å². The van der Waals surface area contributed by atoms with Gasteiger partial charge in [0.25, 0.3) is 0 Å². The van der Waals surface area contributed by atoms with Gasteiger partial charge < -0.3 is 10.6 Å². The highest BCUT2D eigenvalue weighted by Gasteiger charge is 2.04. The average molecular weight is 177 g/mol. The molecule has 13 heavy (non-hydrogen) atoms. The summed E-state index contributed by atoms with van der Waals surface area (Å²) in [5, 5.41) is 15.1. The van der Waals surface area contributed by atoms with Crippen molar-refractivity contribution in [3.05, 3.63) is 0 Å². The molecule has 1 atom stereocenters. The van der Waals surface area contributed by atoms with Crippen LogP contribution >= 0.6 is 0 Å². The molecule has 0 spiro atoms. The van der Waals surface area contributed by atoms with Gasteiger partial charge in [-0.2, -0.15) is 5.26 Å². The van der Waals surface area contributed by atoms with Crippen LogP contribution in [-0.4, -0.2) is 25.7 Å². The summed E-state index contributed by atoms with van der Waals surface area (Å²) in [5.74, 6) is 6.12. The molecular formula is C10H15N3. The van der Waals surface area contributed by atoms with Crippen molar-refractivity contribution in [3.8, 4) is 17.9 Å². The molecule has 0 aliphatic carbocycles. The van der Waals surface area contributed by atoms with Crippen molar-refractivity contribution < 1.29 is 0 Å². The fourth-order valence-electron chi connectivity index (χ4n) is 1.24. The fraction of sp³-hybridized carbons (Fsp3) is 0.700. The molecule has 1 heterocycles. The minimum absolute atomic E-state index is 0.00157. The molecule has 70 valence electrons. The van der Waals surface area contributed by atoms with E-state index in [0.29, 0.717) is 0 Å². The summed E-state index contributed by atoms with van der Waals surface area (Å²) < 4.78 is 0. The third-order valence-electron chi connectivity index (χ3n) is 1.98. The topological polar surface area (TPSA) is 47.9 Å². The predicted octanol–water partition coefficient (Wildman–Crippen LogP) is 0.245. The second-order valence-electron chi connectivity index (χ2n) is 3.06. The molecule has 1 aliphatic rings. The first-order valence-corrected chi connectivity index (χ1v) is 4.73. The van der Waals surface area contributed by atoms with Crippen LogP contribution in [0.3, 0.4) is 0 Å². The van der Waals surface area contributed by atoms with Crippen LogP contribution in [0.4, 0.5) is 0 Å². The summed E-state index contributed by atoms with van der Waals surface area (Å²) in [7, 11) is 0. The third kappa shape index (κ3) is 4.52. The molecule has 3 nitrogen and oxygen atoms in total. The molecule has 0 aromatic rings. The average Bonchev–Trinajstić information content (AvgIpc) is 2.22. The molecule has 1 aliphatic heterocycles. The quantitative estimate of drug-likeness (QED) is 0.521. The molecule has 0 aromatic carbocycles. The molecule has 0 bridgehead atoms. The monoisotopic (exact) mass is 177 g/mol. The minimum atomic E-state index is 0.00157. The summed E-state index contributed by atoms with van der Waals surface area (Å²) in [6.07, 6.45) is 2.82. The zero-order valence-electron chi connectivity index (χ0n) is 7.77. The largest absolute Gasteiger partial charge is 0.305 e. The van der Waals surface area contributed by atoms with Crippen molar-refractivity contribution >= 4 is 0 Å². The Kier molecular flexibility index (Phi) is 5.01. The number of nitrogens with one attached hydrogen (secondary N) is 2. The highest BCUT2D eigenvalue weighted by atomic mass is 15.0. The first-order chi connectivity index (χ1) is 6.43. The molecule has 3 heteroatoms. The zero-order chi connectivity index (χ0) is 9.36. The molecule has 1 unspecified atom stereocenters. The van der Waals surface area contributed by atoms with Crippen LogP contribution in [-0.2, 0) is 0 Å². The van der Waals surface area contributed by atoms with Crippen molar-refractivity contribution in [2.45, 2.75) is 25.3 Å². The lowest BCUT2D eigenvalue weighted by Crippen LogP contribution is -2.34. The number of hydrogen-bond donors (Lipinski definition) is 2. The second kappa shape index (κ2) is 6.48. The van der Waals surface area contributed by atoms with Gasteiger partial charge in [0.1, 0.15) is 0 Å². The lowest BCUT2D eigenvalue weighted by atomic mass is 10.1. The van der Waals surface area contributed by atoms with Crippen LogP contribution in [0.1, 0.15) is 19.3 Å². The van der Waals surface area contributed by atoms with E-state index in [-0.39, 0.29) is 6.04 Å². The minimum Gasteiger partial charge on any atom is -0.305 e. The molecule has 0 radical (unpaired) electrons. The van der Waals surface area contributed by atoms with E-state index in [1.165, 1.54) is 0 Å². The van der Waals surface area contributed by atoms with E-state index < -0.39 is 0 Å². The van der Waals surface area contributed by atoms with Gasteiger partial charge in [0, 0.05) is 19.5 Å². The van der Waals surface area contributed by atoms with Crippen LogP contribution in [0, 0.1) is 23.2 Å². The highest BCUT2D eigenvalue weighted by molar-refractivity contribution is 5.01. The Bertz CT molecular complexity index is 231. The van der Waals surface area contributed by atoms with Gasteiger partial charge in [-0.3, -0.25) is 0 Å². The Balaban J connectivity index is 2.34. The van der Waals surface area contributed by atoms with Crippen molar-refractivity contribution in [1.29, 1.82) is 5.26 Å². The van der Waals surface area contributed by atoms with Gasteiger partial charge in [-0.1, -0.05) is 5.92 Å². The first kappa shape index (κ1) is 10.1. The number of nitrogens with zero attached hydrogens (tertiary/aromatic N) is 1. The van der Waals surface area contributed by atoms with E-state index in [1.807, 2.05) is 0 Å². The normalized spacial score (nSPS) is 24.7. The molecule has 2 N–H and O–H groups in total. The Morgan fingerprint density at radius 2 is 2.23 bits per heavy atom. The Morgan fingerprint density at radius 1 is 1.31 bits per heavy atom. The second-order valence-corrected chi connectivity index (χ2v) is 3.06. The van der Waals surface area contributed by atoms with Gasteiger partial charge in [0.2, 0.25) is 0 Å². The maximum atomic E-state index is 8.77. The summed E-state index contributed by atoms with van der Waals surface area (Å²) in [5.41, 5.74) is 0. The summed E-state index contributed by atoms with van der Waals surface area (Å²) in [4.78, 5) is 0. The van der Waals surface area contributed by atoms with Crippen LogP contribution < -0.4 is 10.6 Å². The van der Waals surface area contributed by atoms with E-state index in [1.54, 1.807) is 0 Å². The van der Waals surface area contributed by atoms with E-state index in [9.17, 15) is 0 Å². The van der Waals surface area contributed by atoms with Gasteiger partial charge in [-0.25, -0.2) is 0 Å². The molecule has 0 fully saturated rings. The van der Waals surface area contributed by atoms with Crippen molar-refractivity contribution in [2.24, 2.45) is 0 Å². The molecule has 0 saturated carbocycles. The van der Waals surface area contributed by atoms with Crippen LogP contribution in [0.25, 0.3) is 0 Å². The van der Waals surface area contributed by atoms with Crippen LogP contribution in [0.15, 0.2) is 0 Å².